The summed E-state index contributed by atoms with van der Waals surface area (Å²) < 4.78 is 0. The Balaban J connectivity index is 2.19. The molecule has 6 nitrogen and oxygen atoms in total. The molecule has 0 unspecified atom stereocenters. The summed E-state index contributed by atoms with van der Waals surface area (Å²) in [7, 11) is 1.84. The van der Waals surface area contributed by atoms with Crippen molar-refractivity contribution in [2.45, 2.75) is 13.5 Å². The zero-order chi connectivity index (χ0) is 14.0. The number of thiazole rings is 1. The molecule has 0 amide bonds. The second-order valence-corrected chi connectivity index (χ2v) is 5.22. The number of nitrogens with zero attached hydrogens (tertiary/aromatic N) is 3. The maximum absolute atomic E-state index is 10.8. The van der Waals surface area contributed by atoms with Crippen molar-refractivity contribution >= 4 is 28.8 Å². The van der Waals surface area contributed by atoms with Crippen LogP contribution in [0.1, 0.15) is 21.1 Å². The van der Waals surface area contributed by atoms with E-state index in [2.05, 4.69) is 9.97 Å². The van der Waals surface area contributed by atoms with Crippen molar-refractivity contribution in [2.75, 3.05) is 17.7 Å². The van der Waals surface area contributed by atoms with E-state index < -0.39 is 5.97 Å². The van der Waals surface area contributed by atoms with Crippen molar-refractivity contribution < 1.29 is 9.90 Å². The van der Waals surface area contributed by atoms with Crippen molar-refractivity contribution in [1.82, 2.24) is 9.97 Å². The van der Waals surface area contributed by atoms with Crippen molar-refractivity contribution in [1.29, 1.82) is 0 Å². The molecule has 100 valence electrons. The third-order valence-corrected chi connectivity index (χ3v) is 3.39. The average Bonchev–Trinajstić information content (AvgIpc) is 2.74. The van der Waals surface area contributed by atoms with Crippen LogP contribution in [0.5, 0.6) is 0 Å². The van der Waals surface area contributed by atoms with Crippen LogP contribution in [-0.4, -0.2) is 28.1 Å². The summed E-state index contributed by atoms with van der Waals surface area (Å²) in [5, 5.41) is 11.8. The van der Waals surface area contributed by atoms with Crippen LogP contribution in [0, 0.1) is 6.92 Å². The number of rotatable bonds is 4. The number of pyridine rings is 1. The van der Waals surface area contributed by atoms with Crippen LogP contribution in [-0.2, 0) is 6.54 Å². The number of hydrogen-bond acceptors (Lipinski definition) is 6. The summed E-state index contributed by atoms with van der Waals surface area (Å²) in [6.07, 6.45) is 1.30. The summed E-state index contributed by atoms with van der Waals surface area (Å²) in [4.78, 5) is 21.1. The first-order valence-electron chi connectivity index (χ1n) is 5.58. The second-order valence-electron chi connectivity index (χ2n) is 4.16. The molecular weight excluding hydrogens is 264 g/mol. The number of nitrogens with two attached hydrogens (primary N) is 1. The fourth-order valence-corrected chi connectivity index (χ4v) is 2.31. The number of aromatic nitrogens is 2. The number of anilines is 2. The number of carboxylic acids is 1. The molecule has 0 bridgehead atoms. The molecule has 0 atom stereocenters. The lowest BCUT2D eigenvalue weighted by Crippen LogP contribution is -2.19. The van der Waals surface area contributed by atoms with Gasteiger partial charge in [-0.1, -0.05) is 0 Å². The number of aromatic carboxylic acids is 1. The summed E-state index contributed by atoms with van der Waals surface area (Å²) >= 11 is 1.58. The number of carboxylic acid groups (broad SMARTS) is 1. The van der Waals surface area contributed by atoms with Crippen LogP contribution in [0.3, 0.4) is 0 Å². The van der Waals surface area contributed by atoms with Crippen molar-refractivity contribution in [2.24, 2.45) is 0 Å². The monoisotopic (exact) mass is 278 g/mol. The molecule has 0 aliphatic heterocycles. The predicted molar refractivity (Wildman–Crippen MR) is 74.6 cm³/mol. The molecule has 19 heavy (non-hydrogen) atoms. The number of hydrogen-bond donors (Lipinski definition) is 2. The molecule has 3 N–H and O–H groups in total. The van der Waals surface area contributed by atoms with Gasteiger partial charge in [0, 0.05) is 18.6 Å². The number of aryl methyl sites for hydroxylation is 1. The number of nitrogen functional groups attached to an aromatic ring is 1. The van der Waals surface area contributed by atoms with Crippen LogP contribution in [0.2, 0.25) is 0 Å². The minimum absolute atomic E-state index is 0.0825. The Labute approximate surface area is 114 Å². The van der Waals surface area contributed by atoms with Crippen LogP contribution in [0.25, 0.3) is 0 Å². The van der Waals surface area contributed by atoms with Gasteiger partial charge < -0.3 is 15.7 Å². The summed E-state index contributed by atoms with van der Waals surface area (Å²) in [5.74, 6) is -0.487. The summed E-state index contributed by atoms with van der Waals surface area (Å²) in [6.45, 7) is 2.52. The largest absolute Gasteiger partial charge is 0.478 e. The van der Waals surface area contributed by atoms with Gasteiger partial charge in [-0.05, 0) is 13.0 Å². The Morgan fingerprint density at radius 1 is 1.58 bits per heavy atom. The van der Waals surface area contributed by atoms with Crippen molar-refractivity contribution in [3.05, 3.63) is 33.9 Å². The van der Waals surface area contributed by atoms with E-state index in [9.17, 15) is 4.79 Å². The smallest absolute Gasteiger partial charge is 0.337 e. The van der Waals surface area contributed by atoms with Crippen molar-refractivity contribution in [3.63, 3.8) is 0 Å². The molecule has 0 saturated carbocycles. The lowest BCUT2D eigenvalue weighted by molar-refractivity contribution is 0.0696. The summed E-state index contributed by atoms with van der Waals surface area (Å²) in [6, 6.07) is 1.41. The maximum Gasteiger partial charge on any atom is 0.337 e. The maximum atomic E-state index is 10.8. The van der Waals surface area contributed by atoms with E-state index in [-0.39, 0.29) is 5.56 Å². The molecular formula is C12H14N4O2S. The van der Waals surface area contributed by atoms with Crippen LogP contribution < -0.4 is 10.6 Å². The average molecular weight is 278 g/mol. The van der Waals surface area contributed by atoms with Crippen molar-refractivity contribution in [3.8, 4) is 0 Å². The van der Waals surface area contributed by atoms with Gasteiger partial charge in [-0.2, -0.15) is 0 Å². The predicted octanol–water partition coefficient (Wildman–Crippen LogP) is 1.76. The van der Waals surface area contributed by atoms with Gasteiger partial charge >= 0.3 is 5.97 Å². The van der Waals surface area contributed by atoms with Gasteiger partial charge in [0.25, 0.3) is 0 Å². The van der Waals surface area contributed by atoms with E-state index in [0.29, 0.717) is 18.1 Å². The van der Waals surface area contributed by atoms with Gasteiger partial charge in [-0.25, -0.2) is 14.8 Å². The van der Waals surface area contributed by atoms with Gasteiger partial charge in [0.15, 0.2) is 5.82 Å². The highest BCUT2D eigenvalue weighted by Crippen LogP contribution is 2.22. The van der Waals surface area contributed by atoms with E-state index in [1.807, 2.05) is 24.3 Å². The van der Waals surface area contributed by atoms with E-state index >= 15 is 0 Å². The lowest BCUT2D eigenvalue weighted by atomic mass is 10.2. The van der Waals surface area contributed by atoms with Gasteiger partial charge in [0.2, 0.25) is 0 Å². The van der Waals surface area contributed by atoms with Crippen LogP contribution in [0.4, 0.5) is 11.5 Å². The van der Waals surface area contributed by atoms with E-state index in [1.54, 1.807) is 11.3 Å². The highest BCUT2D eigenvalue weighted by atomic mass is 32.1. The molecule has 0 saturated heterocycles. The second kappa shape index (κ2) is 5.23. The molecule has 2 aromatic rings. The first kappa shape index (κ1) is 13.3. The molecule has 2 aromatic heterocycles. The molecule has 7 heteroatoms. The SMILES string of the molecule is Cc1nc(CN(C)c2ncc(C(=O)O)cc2N)cs1. The Hall–Kier alpha value is -2.15. The molecule has 2 heterocycles. The van der Waals surface area contributed by atoms with Gasteiger partial charge in [0.1, 0.15) is 0 Å². The molecule has 0 aliphatic rings. The Morgan fingerprint density at radius 2 is 2.32 bits per heavy atom. The fraction of sp³-hybridized carbons (Fsp3) is 0.250. The van der Waals surface area contributed by atoms with Crippen LogP contribution >= 0.6 is 11.3 Å². The molecule has 2 rings (SSSR count). The molecule has 0 aliphatic carbocycles. The summed E-state index contributed by atoms with van der Waals surface area (Å²) in [5.41, 5.74) is 7.20. The Bertz CT molecular complexity index is 612. The molecule has 0 aromatic carbocycles. The van der Waals surface area contributed by atoms with Gasteiger partial charge in [-0.3, -0.25) is 0 Å². The quantitative estimate of drug-likeness (QED) is 0.885. The highest BCUT2D eigenvalue weighted by Gasteiger charge is 2.12. The van der Waals surface area contributed by atoms with Crippen LogP contribution in [0.15, 0.2) is 17.6 Å². The first-order chi connectivity index (χ1) is 8.97. The third kappa shape index (κ3) is 3.00. The molecule has 0 radical (unpaired) electrons. The highest BCUT2D eigenvalue weighted by molar-refractivity contribution is 7.09. The van der Waals surface area contributed by atoms with E-state index in [0.717, 1.165) is 10.7 Å². The van der Waals surface area contributed by atoms with Gasteiger partial charge in [0.05, 0.1) is 28.5 Å². The number of carbonyl (C=O) groups is 1. The molecule has 0 spiro atoms. The molecule has 0 fully saturated rings. The Kier molecular flexibility index (Phi) is 3.66. The minimum Gasteiger partial charge on any atom is -0.478 e. The standard InChI is InChI=1S/C12H14N4O2S/c1-7-15-9(6-19-7)5-16(2)11-10(13)3-8(4-14-11)12(17)18/h3-4,6H,5,13H2,1-2H3,(H,17,18). The first-order valence-corrected chi connectivity index (χ1v) is 6.46. The zero-order valence-electron chi connectivity index (χ0n) is 10.6. The normalized spacial score (nSPS) is 10.4. The van der Waals surface area contributed by atoms with E-state index in [1.165, 1.54) is 12.3 Å². The van der Waals surface area contributed by atoms with Gasteiger partial charge in [-0.15, -0.1) is 11.3 Å². The van der Waals surface area contributed by atoms with E-state index in [4.69, 9.17) is 10.8 Å². The zero-order valence-corrected chi connectivity index (χ0v) is 11.4. The third-order valence-electron chi connectivity index (χ3n) is 2.57. The topological polar surface area (TPSA) is 92.3 Å². The minimum atomic E-state index is -1.04. The fourth-order valence-electron chi connectivity index (χ4n) is 1.71. The lowest BCUT2D eigenvalue weighted by Gasteiger charge is -2.18. The Morgan fingerprint density at radius 3 is 2.84 bits per heavy atom.